The molecule has 7 nitrogen and oxygen atoms in total. The molecule has 28 heavy (non-hydrogen) atoms. The van der Waals surface area contributed by atoms with Crippen molar-refractivity contribution in [2.75, 3.05) is 24.9 Å². The fourth-order valence-corrected chi connectivity index (χ4v) is 2.33. The molecule has 1 heterocycles. The van der Waals surface area contributed by atoms with E-state index in [0.29, 0.717) is 17.2 Å². The Morgan fingerprint density at radius 1 is 0.893 bits per heavy atom. The van der Waals surface area contributed by atoms with Gasteiger partial charge in [0.25, 0.3) is 5.91 Å². The van der Waals surface area contributed by atoms with Crippen molar-refractivity contribution in [1.82, 2.24) is 9.97 Å². The summed E-state index contributed by atoms with van der Waals surface area (Å²) in [6.07, 6.45) is 2.62. The lowest BCUT2D eigenvalue weighted by molar-refractivity contribution is 0.102. The Kier molecular flexibility index (Phi) is 5.64. The molecule has 3 rings (SSSR count). The third-order valence-corrected chi connectivity index (χ3v) is 3.73. The minimum atomic E-state index is -0.990. The summed E-state index contributed by atoms with van der Waals surface area (Å²) in [7, 11) is 3.01. The second-order valence-electron chi connectivity index (χ2n) is 5.57. The van der Waals surface area contributed by atoms with E-state index < -0.39 is 17.5 Å². The smallest absolute Gasteiger partial charge is 0.258 e. The molecule has 0 radical (unpaired) electrons. The van der Waals surface area contributed by atoms with Crippen LogP contribution in [0.25, 0.3) is 0 Å². The van der Waals surface area contributed by atoms with Gasteiger partial charge in [-0.15, -0.1) is 0 Å². The second kappa shape index (κ2) is 8.30. The molecule has 0 aliphatic carbocycles. The third kappa shape index (κ3) is 4.32. The molecule has 0 aliphatic rings. The number of hydrogen-bond acceptors (Lipinski definition) is 6. The summed E-state index contributed by atoms with van der Waals surface area (Å²) in [5.41, 5.74) is 0.999. The monoisotopic (exact) mass is 386 g/mol. The van der Waals surface area contributed by atoms with Gasteiger partial charge in [0.1, 0.15) is 0 Å². The number of hydrogen-bond donors (Lipinski definition) is 2. The number of methoxy groups -OCH3 is 2. The van der Waals surface area contributed by atoms with Crippen LogP contribution in [-0.2, 0) is 0 Å². The van der Waals surface area contributed by atoms with Gasteiger partial charge in [-0.2, -0.15) is 0 Å². The average molecular weight is 386 g/mol. The highest BCUT2D eigenvalue weighted by molar-refractivity contribution is 6.04. The quantitative estimate of drug-likeness (QED) is 0.671. The van der Waals surface area contributed by atoms with E-state index in [-0.39, 0.29) is 17.2 Å². The standard InChI is InChI=1S/C19H16F2N4O3/c1-27-16-6-4-13(8-17(16)28-2)24-18(26)11-9-22-19(23-10-11)25-12-3-5-14(20)15(21)7-12/h3-10H,1-2H3,(H,24,26)(H,22,23,25). The highest BCUT2D eigenvalue weighted by atomic mass is 19.2. The van der Waals surface area contributed by atoms with E-state index in [2.05, 4.69) is 20.6 Å². The highest BCUT2D eigenvalue weighted by Crippen LogP contribution is 2.29. The topological polar surface area (TPSA) is 85.4 Å². The number of carbonyl (C=O) groups excluding carboxylic acids is 1. The van der Waals surface area contributed by atoms with Crippen LogP contribution in [0.15, 0.2) is 48.8 Å². The van der Waals surface area contributed by atoms with Gasteiger partial charge in [0, 0.05) is 35.9 Å². The fraction of sp³-hybridized carbons (Fsp3) is 0.105. The first-order valence-corrected chi connectivity index (χ1v) is 8.07. The van der Waals surface area contributed by atoms with Gasteiger partial charge in [-0.25, -0.2) is 18.7 Å². The number of nitrogens with one attached hydrogen (secondary N) is 2. The minimum absolute atomic E-state index is 0.133. The van der Waals surface area contributed by atoms with Gasteiger partial charge in [-0.05, 0) is 24.3 Å². The minimum Gasteiger partial charge on any atom is -0.493 e. The lowest BCUT2D eigenvalue weighted by Gasteiger charge is -2.10. The highest BCUT2D eigenvalue weighted by Gasteiger charge is 2.11. The SMILES string of the molecule is COc1ccc(NC(=O)c2cnc(Nc3ccc(F)c(F)c3)nc2)cc1OC. The van der Waals surface area contributed by atoms with Crippen molar-refractivity contribution in [2.45, 2.75) is 0 Å². The van der Waals surface area contributed by atoms with Gasteiger partial charge in [0.15, 0.2) is 23.1 Å². The molecular formula is C19H16F2N4O3. The molecule has 0 fully saturated rings. The predicted molar refractivity (Wildman–Crippen MR) is 99.2 cm³/mol. The zero-order valence-corrected chi connectivity index (χ0v) is 15.0. The molecule has 0 saturated carbocycles. The van der Waals surface area contributed by atoms with Crippen LogP contribution < -0.4 is 20.1 Å². The van der Waals surface area contributed by atoms with E-state index >= 15 is 0 Å². The first-order valence-electron chi connectivity index (χ1n) is 8.07. The maximum atomic E-state index is 13.2. The van der Waals surface area contributed by atoms with Crippen molar-refractivity contribution >= 4 is 23.2 Å². The van der Waals surface area contributed by atoms with Crippen molar-refractivity contribution in [3.05, 3.63) is 66.0 Å². The summed E-state index contributed by atoms with van der Waals surface area (Å²) in [5.74, 6) is -1.22. The molecule has 2 N–H and O–H groups in total. The van der Waals surface area contributed by atoms with Gasteiger partial charge in [-0.1, -0.05) is 0 Å². The molecule has 0 saturated heterocycles. The molecule has 9 heteroatoms. The zero-order chi connectivity index (χ0) is 20.1. The lowest BCUT2D eigenvalue weighted by atomic mass is 10.2. The van der Waals surface area contributed by atoms with Crippen molar-refractivity contribution in [3.8, 4) is 11.5 Å². The van der Waals surface area contributed by atoms with Gasteiger partial charge >= 0.3 is 0 Å². The Bertz CT molecular complexity index is 997. The Morgan fingerprint density at radius 2 is 1.57 bits per heavy atom. The number of aromatic nitrogens is 2. The molecule has 0 atom stereocenters. The molecular weight excluding hydrogens is 370 g/mol. The van der Waals surface area contributed by atoms with E-state index in [0.717, 1.165) is 12.1 Å². The first-order chi connectivity index (χ1) is 13.5. The number of rotatable bonds is 6. The van der Waals surface area contributed by atoms with Crippen molar-refractivity contribution in [2.24, 2.45) is 0 Å². The zero-order valence-electron chi connectivity index (χ0n) is 15.0. The summed E-state index contributed by atoms with van der Waals surface area (Å²) < 4.78 is 36.5. The summed E-state index contributed by atoms with van der Waals surface area (Å²) >= 11 is 0. The first kappa shape index (κ1) is 19.0. The molecule has 0 unspecified atom stereocenters. The molecule has 0 spiro atoms. The summed E-state index contributed by atoms with van der Waals surface area (Å²) in [4.78, 5) is 20.4. The van der Waals surface area contributed by atoms with Crippen molar-refractivity contribution < 1.29 is 23.0 Å². The normalized spacial score (nSPS) is 10.3. The van der Waals surface area contributed by atoms with Gasteiger partial charge in [0.2, 0.25) is 5.95 Å². The van der Waals surface area contributed by atoms with E-state index in [4.69, 9.17) is 9.47 Å². The van der Waals surface area contributed by atoms with Gasteiger partial charge in [0.05, 0.1) is 19.8 Å². The van der Waals surface area contributed by atoms with E-state index in [1.54, 1.807) is 18.2 Å². The Labute approximate surface area is 159 Å². The number of halogens is 2. The molecule has 3 aromatic rings. The molecule has 0 aliphatic heterocycles. The number of ether oxygens (including phenoxy) is 2. The van der Waals surface area contributed by atoms with E-state index in [9.17, 15) is 13.6 Å². The number of nitrogens with zero attached hydrogens (tertiary/aromatic N) is 2. The number of amides is 1. The molecule has 2 aromatic carbocycles. The Hall–Kier alpha value is -3.75. The summed E-state index contributed by atoms with van der Waals surface area (Å²) in [6.45, 7) is 0. The van der Waals surface area contributed by atoms with Gasteiger partial charge in [-0.3, -0.25) is 4.79 Å². The second-order valence-corrected chi connectivity index (χ2v) is 5.57. The molecule has 1 aromatic heterocycles. The van der Waals surface area contributed by atoms with Crippen LogP contribution in [0.2, 0.25) is 0 Å². The lowest BCUT2D eigenvalue weighted by Crippen LogP contribution is -2.13. The average Bonchev–Trinajstić information content (AvgIpc) is 2.71. The molecule has 1 amide bonds. The van der Waals surface area contributed by atoms with Crippen LogP contribution >= 0.6 is 0 Å². The largest absolute Gasteiger partial charge is 0.493 e. The summed E-state index contributed by atoms with van der Waals surface area (Å²) in [6, 6.07) is 8.27. The Morgan fingerprint density at radius 3 is 2.21 bits per heavy atom. The van der Waals surface area contributed by atoms with Crippen LogP contribution in [0.1, 0.15) is 10.4 Å². The molecule has 144 valence electrons. The molecule has 0 bridgehead atoms. The number of benzene rings is 2. The maximum Gasteiger partial charge on any atom is 0.258 e. The summed E-state index contributed by atoms with van der Waals surface area (Å²) in [5, 5.41) is 5.43. The van der Waals surface area contributed by atoms with Crippen molar-refractivity contribution in [3.63, 3.8) is 0 Å². The van der Waals surface area contributed by atoms with Crippen LogP contribution in [0.4, 0.5) is 26.1 Å². The predicted octanol–water partition coefficient (Wildman–Crippen LogP) is 3.77. The maximum absolute atomic E-state index is 13.2. The third-order valence-electron chi connectivity index (χ3n) is 3.73. The Balaban J connectivity index is 1.69. The van der Waals surface area contributed by atoms with Crippen LogP contribution in [0.3, 0.4) is 0 Å². The van der Waals surface area contributed by atoms with Crippen LogP contribution in [0, 0.1) is 11.6 Å². The van der Waals surface area contributed by atoms with E-state index in [1.807, 2.05) is 0 Å². The number of anilines is 3. The van der Waals surface area contributed by atoms with Crippen LogP contribution in [0.5, 0.6) is 11.5 Å². The number of carbonyl (C=O) groups is 1. The van der Waals surface area contributed by atoms with Gasteiger partial charge < -0.3 is 20.1 Å². The van der Waals surface area contributed by atoms with Crippen LogP contribution in [-0.4, -0.2) is 30.1 Å². The fourth-order valence-electron chi connectivity index (χ4n) is 2.33. The van der Waals surface area contributed by atoms with Crippen molar-refractivity contribution in [1.29, 1.82) is 0 Å². The van der Waals surface area contributed by atoms with E-state index in [1.165, 1.54) is 32.7 Å².